The fourth-order valence-electron chi connectivity index (χ4n) is 1.29. The summed E-state index contributed by atoms with van der Waals surface area (Å²) >= 11 is 0. The molecule has 1 atom stereocenters. The monoisotopic (exact) mass is 226 g/mol. The van der Waals surface area contributed by atoms with Gasteiger partial charge < -0.3 is 4.74 Å². The van der Waals surface area contributed by atoms with E-state index in [1.807, 2.05) is 0 Å². The van der Waals surface area contributed by atoms with E-state index in [2.05, 4.69) is 60.6 Å². The molecular weight excluding hydrogens is 196 g/mol. The van der Waals surface area contributed by atoms with Crippen molar-refractivity contribution in [1.82, 2.24) is 0 Å². The highest BCUT2D eigenvalue weighted by Crippen LogP contribution is 2.17. The molecule has 0 aliphatic heterocycles. The van der Waals surface area contributed by atoms with Gasteiger partial charge in [0.1, 0.15) is 0 Å². The summed E-state index contributed by atoms with van der Waals surface area (Å²) in [6, 6.07) is 0. The van der Waals surface area contributed by atoms with Crippen LogP contribution in [0.3, 0.4) is 0 Å². The molecular formula is C15H30O. The summed E-state index contributed by atoms with van der Waals surface area (Å²) in [5, 5.41) is 0. The first-order chi connectivity index (χ1) is 7.10. The van der Waals surface area contributed by atoms with Gasteiger partial charge in [-0.15, -0.1) is 0 Å². The third kappa shape index (κ3) is 11.8. The number of rotatable bonds is 5. The van der Waals surface area contributed by atoms with Crippen molar-refractivity contribution in [2.45, 2.75) is 66.9 Å². The molecule has 0 aromatic heterocycles. The van der Waals surface area contributed by atoms with Gasteiger partial charge >= 0.3 is 0 Å². The Morgan fingerprint density at radius 3 is 2.06 bits per heavy atom. The minimum absolute atomic E-state index is 0.00446. The molecule has 0 aromatic rings. The maximum Gasteiger partial charge on any atom is 0.0598 e. The topological polar surface area (TPSA) is 9.23 Å². The largest absolute Gasteiger partial charge is 0.376 e. The lowest BCUT2D eigenvalue weighted by atomic mass is 9.95. The van der Waals surface area contributed by atoms with Crippen molar-refractivity contribution in [3.8, 4) is 0 Å². The van der Waals surface area contributed by atoms with E-state index in [-0.39, 0.29) is 5.60 Å². The van der Waals surface area contributed by atoms with Gasteiger partial charge in [0.25, 0.3) is 0 Å². The molecule has 0 N–H and O–H groups in total. The molecule has 0 aromatic carbocycles. The zero-order valence-corrected chi connectivity index (χ0v) is 12.3. The number of ether oxygens (including phenoxy) is 1. The van der Waals surface area contributed by atoms with Gasteiger partial charge in [0.05, 0.1) is 5.60 Å². The van der Waals surface area contributed by atoms with Crippen molar-refractivity contribution < 1.29 is 4.74 Å². The van der Waals surface area contributed by atoms with E-state index >= 15 is 0 Å². The molecule has 0 fully saturated rings. The Labute approximate surface area is 102 Å². The van der Waals surface area contributed by atoms with E-state index in [1.165, 1.54) is 6.42 Å². The molecule has 16 heavy (non-hydrogen) atoms. The maximum absolute atomic E-state index is 5.76. The van der Waals surface area contributed by atoms with Crippen LogP contribution in [0.25, 0.3) is 0 Å². The molecule has 1 nitrogen and oxygen atoms in total. The van der Waals surface area contributed by atoms with Crippen LogP contribution < -0.4 is 0 Å². The van der Waals surface area contributed by atoms with Crippen LogP contribution in [0.1, 0.15) is 61.3 Å². The second-order valence-corrected chi connectivity index (χ2v) is 6.87. The number of hydrogen-bond donors (Lipinski definition) is 0. The van der Waals surface area contributed by atoms with Gasteiger partial charge in [-0.05, 0) is 44.9 Å². The van der Waals surface area contributed by atoms with Gasteiger partial charge in [0.15, 0.2) is 0 Å². The summed E-state index contributed by atoms with van der Waals surface area (Å²) in [7, 11) is 0. The first-order valence-corrected chi connectivity index (χ1v) is 6.42. The highest BCUT2D eigenvalue weighted by molar-refractivity contribution is 4.92. The van der Waals surface area contributed by atoms with Crippen LogP contribution in [0.2, 0.25) is 0 Å². The van der Waals surface area contributed by atoms with Crippen molar-refractivity contribution >= 4 is 0 Å². The smallest absolute Gasteiger partial charge is 0.0598 e. The third-order valence-corrected chi connectivity index (χ3v) is 2.24. The molecule has 0 heterocycles. The standard InChI is InChI=1S/C15H30O/c1-13(12-16-15(5,6)7)10-8-9-11-14(2,3)4/h9,11,13H,8,10,12H2,1-7H3/b11-9+. The van der Waals surface area contributed by atoms with E-state index in [0.717, 1.165) is 13.0 Å². The Bertz CT molecular complexity index is 202. The summed E-state index contributed by atoms with van der Waals surface area (Å²) in [4.78, 5) is 0. The van der Waals surface area contributed by atoms with E-state index in [9.17, 15) is 0 Å². The van der Waals surface area contributed by atoms with E-state index in [1.54, 1.807) is 0 Å². The van der Waals surface area contributed by atoms with E-state index in [0.29, 0.717) is 11.3 Å². The van der Waals surface area contributed by atoms with Crippen LogP contribution in [0.15, 0.2) is 12.2 Å². The quantitative estimate of drug-likeness (QED) is 0.611. The highest BCUT2D eigenvalue weighted by Gasteiger charge is 2.12. The van der Waals surface area contributed by atoms with Gasteiger partial charge in [-0.25, -0.2) is 0 Å². The molecule has 0 aliphatic carbocycles. The molecule has 0 spiro atoms. The molecule has 0 rings (SSSR count). The van der Waals surface area contributed by atoms with Crippen molar-refractivity contribution in [2.24, 2.45) is 11.3 Å². The minimum atomic E-state index is -0.00446. The molecule has 0 aliphatic rings. The molecule has 0 bridgehead atoms. The molecule has 1 unspecified atom stereocenters. The van der Waals surface area contributed by atoms with Crippen LogP contribution in [-0.4, -0.2) is 12.2 Å². The third-order valence-electron chi connectivity index (χ3n) is 2.24. The van der Waals surface area contributed by atoms with Crippen molar-refractivity contribution in [2.75, 3.05) is 6.61 Å². The van der Waals surface area contributed by atoms with Gasteiger partial charge in [-0.3, -0.25) is 0 Å². The lowest BCUT2D eigenvalue weighted by Gasteiger charge is -2.22. The van der Waals surface area contributed by atoms with Crippen LogP contribution in [0.5, 0.6) is 0 Å². The van der Waals surface area contributed by atoms with Gasteiger partial charge in [-0.2, -0.15) is 0 Å². The first-order valence-electron chi connectivity index (χ1n) is 6.42. The summed E-state index contributed by atoms with van der Waals surface area (Å²) < 4.78 is 5.76. The number of allylic oxidation sites excluding steroid dienone is 2. The average molecular weight is 226 g/mol. The predicted molar refractivity (Wildman–Crippen MR) is 72.7 cm³/mol. The SMILES string of the molecule is CC(CC/C=C/C(C)(C)C)COC(C)(C)C. The van der Waals surface area contributed by atoms with Crippen molar-refractivity contribution in [1.29, 1.82) is 0 Å². The Kier molecular flexibility index (Phi) is 6.32. The Morgan fingerprint density at radius 1 is 1.06 bits per heavy atom. The van der Waals surface area contributed by atoms with Crippen LogP contribution in [-0.2, 0) is 4.74 Å². The second-order valence-electron chi connectivity index (χ2n) is 6.87. The lowest BCUT2D eigenvalue weighted by molar-refractivity contribution is -0.0204. The van der Waals surface area contributed by atoms with Gasteiger partial charge in [-0.1, -0.05) is 39.8 Å². The summed E-state index contributed by atoms with van der Waals surface area (Å²) in [5.74, 6) is 0.642. The van der Waals surface area contributed by atoms with Crippen molar-refractivity contribution in [3.63, 3.8) is 0 Å². The van der Waals surface area contributed by atoms with Crippen LogP contribution >= 0.6 is 0 Å². The van der Waals surface area contributed by atoms with Gasteiger partial charge in [0.2, 0.25) is 0 Å². The maximum atomic E-state index is 5.76. The fourth-order valence-corrected chi connectivity index (χ4v) is 1.29. The minimum Gasteiger partial charge on any atom is -0.376 e. The molecule has 96 valence electrons. The fraction of sp³-hybridized carbons (Fsp3) is 0.867. The Hall–Kier alpha value is -0.300. The molecule has 0 amide bonds. The highest BCUT2D eigenvalue weighted by atomic mass is 16.5. The zero-order chi connectivity index (χ0) is 12.8. The lowest BCUT2D eigenvalue weighted by Crippen LogP contribution is -2.22. The average Bonchev–Trinajstić information content (AvgIpc) is 2.06. The zero-order valence-electron chi connectivity index (χ0n) is 12.3. The van der Waals surface area contributed by atoms with E-state index < -0.39 is 0 Å². The number of hydrogen-bond acceptors (Lipinski definition) is 1. The Balaban J connectivity index is 3.67. The second kappa shape index (κ2) is 6.44. The van der Waals surface area contributed by atoms with Crippen LogP contribution in [0.4, 0.5) is 0 Å². The molecule has 0 saturated carbocycles. The summed E-state index contributed by atoms with van der Waals surface area (Å²) in [5.41, 5.74) is 0.306. The van der Waals surface area contributed by atoms with Crippen molar-refractivity contribution in [3.05, 3.63) is 12.2 Å². The molecule has 0 saturated heterocycles. The first kappa shape index (κ1) is 15.7. The normalized spacial score (nSPS) is 15.7. The Morgan fingerprint density at radius 2 is 1.62 bits per heavy atom. The van der Waals surface area contributed by atoms with Gasteiger partial charge in [0, 0.05) is 6.61 Å². The van der Waals surface area contributed by atoms with Crippen LogP contribution in [0, 0.1) is 11.3 Å². The molecule has 1 heteroatoms. The molecule has 0 radical (unpaired) electrons. The summed E-state index contributed by atoms with van der Waals surface area (Å²) in [6.07, 6.45) is 6.96. The summed E-state index contributed by atoms with van der Waals surface area (Å²) in [6.45, 7) is 16.2. The van der Waals surface area contributed by atoms with E-state index in [4.69, 9.17) is 4.74 Å². The predicted octanol–water partition coefficient (Wildman–Crippen LogP) is 4.82.